The summed E-state index contributed by atoms with van der Waals surface area (Å²) >= 11 is 0. The summed E-state index contributed by atoms with van der Waals surface area (Å²) in [6, 6.07) is 16.0. The molecule has 2 rings (SSSR count). The third kappa shape index (κ3) is 10.3. The van der Waals surface area contributed by atoms with Crippen LogP contribution in [0.15, 0.2) is 71.8 Å². The minimum atomic E-state index is 0.616. The van der Waals surface area contributed by atoms with Crippen LogP contribution in [0.2, 0.25) is 0 Å². The van der Waals surface area contributed by atoms with E-state index in [1.54, 1.807) is 14.2 Å². The Labute approximate surface area is 187 Å². The van der Waals surface area contributed by atoms with Crippen molar-refractivity contribution in [3.05, 3.63) is 83.0 Å². The zero-order chi connectivity index (χ0) is 22.3. The lowest BCUT2D eigenvalue weighted by Gasteiger charge is -2.09. The maximum absolute atomic E-state index is 5.89. The van der Waals surface area contributed by atoms with Gasteiger partial charge in [-0.05, 0) is 68.5 Å². The maximum atomic E-state index is 5.89. The molecule has 2 aromatic rings. The number of rotatable bonds is 14. The molecular formula is C27H36O4. The molecule has 4 nitrogen and oxygen atoms in total. The third-order valence-corrected chi connectivity index (χ3v) is 4.89. The molecule has 0 saturated heterocycles. The fourth-order valence-electron chi connectivity index (χ4n) is 3.00. The van der Waals surface area contributed by atoms with Crippen molar-refractivity contribution in [1.82, 2.24) is 0 Å². The van der Waals surface area contributed by atoms with E-state index >= 15 is 0 Å². The van der Waals surface area contributed by atoms with Crippen molar-refractivity contribution in [3.63, 3.8) is 0 Å². The van der Waals surface area contributed by atoms with Crippen molar-refractivity contribution in [2.45, 2.75) is 46.3 Å². The maximum Gasteiger partial charge on any atom is 0.118 e. The van der Waals surface area contributed by atoms with E-state index < -0.39 is 0 Å². The summed E-state index contributed by atoms with van der Waals surface area (Å²) in [6.07, 6.45) is 7.36. The Kier molecular flexibility index (Phi) is 11.5. The van der Waals surface area contributed by atoms with E-state index in [0.29, 0.717) is 26.4 Å². The number of benzene rings is 2. The second-order valence-electron chi connectivity index (χ2n) is 7.69. The first kappa shape index (κ1) is 24.7. The Balaban J connectivity index is 1.73. The van der Waals surface area contributed by atoms with Crippen LogP contribution in [0.4, 0.5) is 0 Å². The Morgan fingerprint density at radius 1 is 0.710 bits per heavy atom. The second kappa shape index (κ2) is 14.4. The summed E-state index contributed by atoms with van der Waals surface area (Å²) in [6.45, 7) is 6.92. The van der Waals surface area contributed by atoms with Crippen molar-refractivity contribution in [2.75, 3.05) is 27.4 Å². The largest absolute Gasteiger partial charge is 0.497 e. The molecule has 0 saturated carbocycles. The first-order valence-corrected chi connectivity index (χ1v) is 10.8. The molecule has 0 aliphatic carbocycles. The van der Waals surface area contributed by atoms with Gasteiger partial charge in [0.25, 0.3) is 0 Å². The van der Waals surface area contributed by atoms with Gasteiger partial charge in [-0.2, -0.15) is 0 Å². The highest BCUT2D eigenvalue weighted by atomic mass is 16.5. The molecule has 31 heavy (non-hydrogen) atoms. The topological polar surface area (TPSA) is 36.9 Å². The summed E-state index contributed by atoms with van der Waals surface area (Å²) in [7, 11) is 3.35. The highest BCUT2D eigenvalue weighted by Crippen LogP contribution is 2.15. The fourth-order valence-corrected chi connectivity index (χ4v) is 3.00. The van der Waals surface area contributed by atoms with Crippen LogP contribution in [0.5, 0.6) is 11.5 Å². The predicted octanol–water partition coefficient (Wildman–Crippen LogP) is 6.50. The van der Waals surface area contributed by atoms with Gasteiger partial charge in [-0.3, -0.25) is 0 Å². The monoisotopic (exact) mass is 424 g/mol. The Hall–Kier alpha value is -2.56. The summed E-state index contributed by atoms with van der Waals surface area (Å²) in [5.74, 6) is 1.73. The smallest absolute Gasteiger partial charge is 0.118 e. The van der Waals surface area contributed by atoms with Crippen LogP contribution < -0.4 is 9.47 Å². The number of hydrogen-bond acceptors (Lipinski definition) is 4. The number of allylic oxidation sites excluding steroid dienone is 2. The van der Waals surface area contributed by atoms with Crippen molar-refractivity contribution in [1.29, 1.82) is 0 Å². The molecule has 0 heterocycles. The molecule has 2 aromatic carbocycles. The summed E-state index contributed by atoms with van der Waals surface area (Å²) < 4.78 is 22.1. The van der Waals surface area contributed by atoms with Gasteiger partial charge in [-0.1, -0.05) is 47.6 Å². The van der Waals surface area contributed by atoms with Crippen LogP contribution >= 0.6 is 0 Å². The van der Waals surface area contributed by atoms with E-state index in [1.807, 2.05) is 48.5 Å². The van der Waals surface area contributed by atoms with Gasteiger partial charge in [0.1, 0.15) is 11.5 Å². The van der Waals surface area contributed by atoms with Crippen LogP contribution in [0, 0.1) is 0 Å². The first-order chi connectivity index (χ1) is 15.1. The average Bonchev–Trinajstić information content (AvgIpc) is 2.80. The molecule has 0 spiro atoms. The van der Waals surface area contributed by atoms with Gasteiger partial charge >= 0.3 is 0 Å². The minimum Gasteiger partial charge on any atom is -0.497 e. The predicted molar refractivity (Wildman–Crippen MR) is 127 cm³/mol. The summed E-state index contributed by atoms with van der Waals surface area (Å²) in [5.41, 5.74) is 5.04. The van der Waals surface area contributed by atoms with Crippen molar-refractivity contribution in [2.24, 2.45) is 0 Å². The van der Waals surface area contributed by atoms with Crippen LogP contribution in [-0.2, 0) is 22.7 Å². The molecule has 0 radical (unpaired) electrons. The average molecular weight is 425 g/mol. The molecule has 0 N–H and O–H groups in total. The molecule has 0 atom stereocenters. The van der Waals surface area contributed by atoms with Gasteiger partial charge < -0.3 is 18.9 Å². The third-order valence-electron chi connectivity index (χ3n) is 4.89. The van der Waals surface area contributed by atoms with E-state index in [4.69, 9.17) is 18.9 Å². The lowest BCUT2D eigenvalue weighted by atomic mass is 10.1. The number of ether oxygens (including phenoxy) is 4. The van der Waals surface area contributed by atoms with Crippen LogP contribution in [-0.4, -0.2) is 27.4 Å². The van der Waals surface area contributed by atoms with Gasteiger partial charge in [-0.15, -0.1) is 0 Å². The Morgan fingerprint density at radius 2 is 1.23 bits per heavy atom. The minimum absolute atomic E-state index is 0.616. The molecule has 168 valence electrons. The standard InChI is InChI=1S/C27H36O4/c1-22(2)7-8-23(17-19-31-21-25-11-15-27(29-4)16-12-25)6-5-18-30-20-24-9-13-26(28-3)14-10-24/h6-7,9-16H,5,8,17-21H2,1-4H3/b23-6-. The molecular weight excluding hydrogens is 388 g/mol. The number of methoxy groups -OCH3 is 2. The van der Waals surface area contributed by atoms with Gasteiger partial charge in [0.2, 0.25) is 0 Å². The van der Waals surface area contributed by atoms with E-state index in [-0.39, 0.29) is 0 Å². The Morgan fingerprint density at radius 3 is 1.71 bits per heavy atom. The normalized spacial score (nSPS) is 11.3. The highest BCUT2D eigenvalue weighted by molar-refractivity contribution is 5.27. The van der Waals surface area contributed by atoms with Gasteiger partial charge in [0.05, 0.1) is 40.6 Å². The van der Waals surface area contributed by atoms with E-state index in [9.17, 15) is 0 Å². The van der Waals surface area contributed by atoms with Crippen LogP contribution in [0.3, 0.4) is 0 Å². The van der Waals surface area contributed by atoms with Gasteiger partial charge in [-0.25, -0.2) is 0 Å². The first-order valence-electron chi connectivity index (χ1n) is 10.8. The second-order valence-corrected chi connectivity index (χ2v) is 7.69. The molecule has 0 aliphatic heterocycles. The molecule has 0 amide bonds. The van der Waals surface area contributed by atoms with Crippen LogP contribution in [0.25, 0.3) is 0 Å². The van der Waals surface area contributed by atoms with Crippen molar-refractivity contribution in [3.8, 4) is 11.5 Å². The fraction of sp³-hybridized carbons (Fsp3) is 0.407. The Bertz CT molecular complexity index is 800. The van der Waals surface area contributed by atoms with Crippen molar-refractivity contribution >= 4 is 0 Å². The summed E-state index contributed by atoms with van der Waals surface area (Å²) in [5, 5.41) is 0. The quantitative estimate of drug-likeness (QED) is 0.256. The zero-order valence-corrected chi connectivity index (χ0v) is 19.4. The molecule has 4 heteroatoms. The molecule has 0 fully saturated rings. The molecule has 0 bridgehead atoms. The lowest BCUT2D eigenvalue weighted by Crippen LogP contribution is -1.99. The van der Waals surface area contributed by atoms with E-state index in [1.165, 1.54) is 11.1 Å². The van der Waals surface area contributed by atoms with Gasteiger partial charge in [0.15, 0.2) is 0 Å². The molecule has 0 aromatic heterocycles. The molecule has 0 aliphatic rings. The highest BCUT2D eigenvalue weighted by Gasteiger charge is 2.00. The molecule has 0 unspecified atom stereocenters. The van der Waals surface area contributed by atoms with Gasteiger partial charge in [0, 0.05) is 0 Å². The zero-order valence-electron chi connectivity index (χ0n) is 19.4. The SMILES string of the molecule is COc1ccc(COCC/C=C(/CC=C(C)C)CCOCc2ccc(OC)cc2)cc1. The number of hydrogen-bond donors (Lipinski definition) is 0. The lowest BCUT2D eigenvalue weighted by molar-refractivity contribution is 0.121. The van der Waals surface area contributed by atoms with E-state index in [0.717, 1.165) is 41.9 Å². The van der Waals surface area contributed by atoms with E-state index in [2.05, 4.69) is 26.0 Å². The van der Waals surface area contributed by atoms with Crippen molar-refractivity contribution < 1.29 is 18.9 Å². The summed E-state index contributed by atoms with van der Waals surface area (Å²) in [4.78, 5) is 0. The van der Waals surface area contributed by atoms with Crippen LogP contribution in [0.1, 0.15) is 44.2 Å².